The zero-order valence-corrected chi connectivity index (χ0v) is 9.03. The van der Waals surface area contributed by atoms with Gasteiger partial charge in [-0.3, -0.25) is 0 Å². The van der Waals surface area contributed by atoms with Crippen LogP contribution in [0.2, 0.25) is 0 Å². The Morgan fingerprint density at radius 1 is 1.20 bits per heavy atom. The summed E-state index contributed by atoms with van der Waals surface area (Å²) in [7, 11) is 0. The molecule has 4 heteroatoms. The molecule has 0 atom stereocenters. The first-order valence-corrected chi connectivity index (χ1v) is 5.40. The summed E-state index contributed by atoms with van der Waals surface area (Å²) < 4.78 is 35.3. The molecule has 0 aliphatic rings. The minimum absolute atomic E-state index is 0.0308. The maximum absolute atomic E-state index is 11.8. The summed E-state index contributed by atoms with van der Waals surface area (Å²) in [6.07, 6.45) is 3.21. The molecule has 0 aliphatic carbocycles. The summed E-state index contributed by atoms with van der Waals surface area (Å²) in [6, 6.07) is 7.61. The topological polar surface area (TPSA) is 0 Å². The van der Waals surface area contributed by atoms with E-state index in [1.165, 1.54) is 6.08 Å². The smallest absolute Gasteiger partial charge is 0.160 e. The van der Waals surface area contributed by atoms with Crippen LogP contribution in [-0.2, 0) is 0 Å². The van der Waals surface area contributed by atoms with Gasteiger partial charge in [-0.2, -0.15) is 13.2 Å². The molecular formula is C11H11F3S. The fourth-order valence-corrected chi connectivity index (χ4v) is 1.39. The molecule has 0 aromatic heterocycles. The van der Waals surface area contributed by atoms with Gasteiger partial charge in [0, 0.05) is 5.75 Å². The van der Waals surface area contributed by atoms with Crippen molar-refractivity contribution in [3.63, 3.8) is 0 Å². The Morgan fingerprint density at radius 2 is 1.80 bits per heavy atom. The number of alkyl halides is 3. The van der Waals surface area contributed by atoms with Crippen LogP contribution in [-0.4, -0.2) is 11.3 Å². The Morgan fingerprint density at radius 3 is 2.33 bits per heavy atom. The van der Waals surface area contributed by atoms with Crippen LogP contribution in [0.3, 0.4) is 0 Å². The van der Waals surface area contributed by atoms with E-state index in [4.69, 9.17) is 0 Å². The third kappa shape index (κ3) is 5.52. The number of aryl methyl sites for hydroxylation is 1. The second-order valence-electron chi connectivity index (χ2n) is 3.07. The molecule has 0 amide bonds. The highest BCUT2D eigenvalue weighted by molar-refractivity contribution is 8.00. The molecule has 82 valence electrons. The zero-order valence-electron chi connectivity index (χ0n) is 8.21. The van der Waals surface area contributed by atoms with Gasteiger partial charge in [-0.1, -0.05) is 42.0 Å². The van der Waals surface area contributed by atoms with Gasteiger partial charge in [-0.05, 0) is 24.2 Å². The second kappa shape index (κ2) is 5.26. The molecule has 0 radical (unpaired) electrons. The lowest BCUT2D eigenvalue weighted by atomic mass is 10.1. The van der Waals surface area contributed by atoms with Crippen molar-refractivity contribution in [3.05, 3.63) is 41.5 Å². The molecule has 0 heterocycles. The van der Waals surface area contributed by atoms with E-state index in [1.807, 2.05) is 31.2 Å². The fraction of sp³-hybridized carbons (Fsp3) is 0.273. The van der Waals surface area contributed by atoms with Crippen molar-refractivity contribution in [2.45, 2.75) is 12.4 Å². The third-order valence-electron chi connectivity index (χ3n) is 1.73. The maximum Gasteiger partial charge on any atom is 0.442 e. The van der Waals surface area contributed by atoms with E-state index in [-0.39, 0.29) is 17.5 Å². The lowest BCUT2D eigenvalue weighted by Crippen LogP contribution is -1.99. The lowest BCUT2D eigenvalue weighted by molar-refractivity contribution is -0.0326. The lowest BCUT2D eigenvalue weighted by Gasteiger charge is -2.01. The van der Waals surface area contributed by atoms with Crippen molar-refractivity contribution in [1.82, 2.24) is 0 Å². The molecular weight excluding hydrogens is 221 g/mol. The molecule has 0 unspecified atom stereocenters. The molecule has 0 bridgehead atoms. The van der Waals surface area contributed by atoms with Crippen LogP contribution >= 0.6 is 11.8 Å². The number of halogens is 3. The molecule has 15 heavy (non-hydrogen) atoms. The monoisotopic (exact) mass is 232 g/mol. The summed E-state index contributed by atoms with van der Waals surface area (Å²) in [4.78, 5) is 0. The van der Waals surface area contributed by atoms with Gasteiger partial charge < -0.3 is 0 Å². The largest absolute Gasteiger partial charge is 0.442 e. The van der Waals surface area contributed by atoms with E-state index in [1.54, 1.807) is 6.08 Å². The SMILES string of the molecule is Cc1ccc(/C=C/CSC(F)(F)F)cc1. The number of hydrogen-bond acceptors (Lipinski definition) is 1. The minimum Gasteiger partial charge on any atom is -0.160 e. The second-order valence-corrected chi connectivity index (χ2v) is 4.15. The molecule has 0 N–H and O–H groups in total. The average Bonchev–Trinajstić information content (AvgIpc) is 2.14. The Balaban J connectivity index is 2.42. The van der Waals surface area contributed by atoms with Crippen LogP contribution in [0.5, 0.6) is 0 Å². The highest BCUT2D eigenvalue weighted by Gasteiger charge is 2.26. The van der Waals surface area contributed by atoms with Crippen LogP contribution in [0, 0.1) is 6.92 Å². The Bertz CT molecular complexity index is 325. The molecule has 0 saturated carbocycles. The fourth-order valence-electron chi connectivity index (χ4n) is 1.00. The third-order valence-corrected chi connectivity index (χ3v) is 2.42. The van der Waals surface area contributed by atoms with E-state index >= 15 is 0 Å². The van der Waals surface area contributed by atoms with Crippen molar-refractivity contribution in [2.24, 2.45) is 0 Å². The molecule has 0 spiro atoms. The van der Waals surface area contributed by atoms with Gasteiger partial charge in [-0.25, -0.2) is 0 Å². The van der Waals surface area contributed by atoms with Gasteiger partial charge in [0.15, 0.2) is 0 Å². The molecule has 1 aromatic rings. The van der Waals surface area contributed by atoms with Crippen LogP contribution in [0.15, 0.2) is 30.3 Å². The standard InChI is InChI=1S/C11H11F3S/c1-9-4-6-10(7-5-9)3-2-8-15-11(12,13)14/h2-7H,8H2,1H3/b3-2+. The van der Waals surface area contributed by atoms with E-state index in [2.05, 4.69) is 0 Å². The minimum atomic E-state index is -4.14. The molecule has 1 aromatic carbocycles. The van der Waals surface area contributed by atoms with Gasteiger partial charge in [-0.15, -0.1) is 0 Å². The number of benzene rings is 1. The first-order valence-electron chi connectivity index (χ1n) is 4.41. The van der Waals surface area contributed by atoms with Crippen LogP contribution in [0.25, 0.3) is 6.08 Å². The molecule has 1 rings (SSSR count). The van der Waals surface area contributed by atoms with Crippen LogP contribution < -0.4 is 0 Å². The van der Waals surface area contributed by atoms with E-state index in [0.29, 0.717) is 0 Å². The van der Waals surface area contributed by atoms with E-state index in [9.17, 15) is 13.2 Å². The normalized spacial score (nSPS) is 12.3. The molecule has 0 saturated heterocycles. The molecule has 0 aliphatic heterocycles. The summed E-state index contributed by atoms with van der Waals surface area (Å²) in [5.74, 6) is -0.0443. The van der Waals surface area contributed by atoms with Crippen LogP contribution in [0.4, 0.5) is 13.2 Å². The number of rotatable bonds is 3. The van der Waals surface area contributed by atoms with Gasteiger partial charge in [0.2, 0.25) is 0 Å². The van der Waals surface area contributed by atoms with Gasteiger partial charge in [0.25, 0.3) is 0 Å². The highest BCUT2D eigenvalue weighted by Crippen LogP contribution is 2.29. The summed E-state index contributed by atoms with van der Waals surface area (Å²) >= 11 is -0.0308. The van der Waals surface area contributed by atoms with Gasteiger partial charge in [0.05, 0.1) is 0 Å². The maximum atomic E-state index is 11.8. The quantitative estimate of drug-likeness (QED) is 0.750. The van der Waals surface area contributed by atoms with Gasteiger partial charge in [0.1, 0.15) is 0 Å². The number of hydrogen-bond donors (Lipinski definition) is 0. The first kappa shape index (κ1) is 12.2. The van der Waals surface area contributed by atoms with Crippen LogP contribution in [0.1, 0.15) is 11.1 Å². The van der Waals surface area contributed by atoms with Crippen molar-refractivity contribution < 1.29 is 13.2 Å². The van der Waals surface area contributed by atoms with E-state index < -0.39 is 5.51 Å². The summed E-state index contributed by atoms with van der Waals surface area (Å²) in [6.45, 7) is 1.97. The zero-order chi connectivity index (χ0) is 11.3. The Labute approximate surface area is 91.2 Å². The summed E-state index contributed by atoms with van der Waals surface area (Å²) in [5, 5.41) is 0. The van der Waals surface area contributed by atoms with Crippen molar-refractivity contribution in [3.8, 4) is 0 Å². The highest BCUT2D eigenvalue weighted by atomic mass is 32.2. The van der Waals surface area contributed by atoms with Crippen molar-refractivity contribution in [1.29, 1.82) is 0 Å². The number of thioether (sulfide) groups is 1. The van der Waals surface area contributed by atoms with Gasteiger partial charge >= 0.3 is 5.51 Å². The first-order chi connectivity index (χ1) is 6.97. The predicted octanol–water partition coefficient (Wildman–Crippen LogP) is 4.26. The van der Waals surface area contributed by atoms with Crippen molar-refractivity contribution >= 4 is 17.8 Å². The molecule has 0 fully saturated rings. The average molecular weight is 232 g/mol. The predicted molar refractivity (Wildman–Crippen MR) is 58.7 cm³/mol. The van der Waals surface area contributed by atoms with Crippen molar-refractivity contribution in [2.75, 3.05) is 5.75 Å². The van der Waals surface area contributed by atoms with E-state index in [0.717, 1.165) is 11.1 Å². The Hall–Kier alpha value is -0.900. The summed E-state index contributed by atoms with van der Waals surface area (Å²) in [5.41, 5.74) is -2.09. The Kier molecular flexibility index (Phi) is 4.27. The molecule has 0 nitrogen and oxygen atoms in total.